The molecule has 4 aromatic rings. The molecule has 4 rings (SSSR count). The van der Waals surface area contributed by atoms with E-state index in [1.807, 2.05) is 43.4 Å². The smallest absolute Gasteiger partial charge is 0.269 e. The second-order valence-electron chi connectivity index (χ2n) is 5.99. The summed E-state index contributed by atoms with van der Waals surface area (Å²) in [5.41, 5.74) is 4.03. The van der Waals surface area contributed by atoms with Crippen molar-refractivity contribution in [1.82, 2.24) is 30.0 Å². The van der Waals surface area contributed by atoms with Gasteiger partial charge in [0.1, 0.15) is 11.5 Å². The summed E-state index contributed by atoms with van der Waals surface area (Å²) in [6, 6.07) is 13.4. The van der Waals surface area contributed by atoms with Gasteiger partial charge in [-0.25, -0.2) is 4.98 Å². The molecule has 7 heteroatoms. The van der Waals surface area contributed by atoms with Gasteiger partial charge in [0.25, 0.3) is 5.91 Å². The number of benzene rings is 1. The van der Waals surface area contributed by atoms with Crippen molar-refractivity contribution in [2.45, 2.75) is 6.42 Å². The molecule has 0 atom stereocenters. The van der Waals surface area contributed by atoms with Crippen molar-refractivity contribution in [1.29, 1.82) is 0 Å². The predicted octanol–water partition coefficient (Wildman–Crippen LogP) is 2.33. The first-order valence-electron chi connectivity index (χ1n) is 8.37. The second kappa shape index (κ2) is 6.79. The molecule has 3 heterocycles. The van der Waals surface area contributed by atoms with E-state index in [1.165, 1.54) is 0 Å². The molecule has 0 saturated carbocycles. The maximum absolute atomic E-state index is 12.3. The van der Waals surface area contributed by atoms with Gasteiger partial charge in [0.15, 0.2) is 0 Å². The number of carbonyl (C=O) groups excluding carboxylic acids is 1. The molecule has 26 heavy (non-hydrogen) atoms. The number of pyridine rings is 1. The lowest BCUT2D eigenvalue weighted by molar-refractivity contribution is 0.0949. The third-order valence-electron chi connectivity index (χ3n) is 4.29. The molecule has 2 N–H and O–H groups in total. The van der Waals surface area contributed by atoms with E-state index < -0.39 is 0 Å². The van der Waals surface area contributed by atoms with Crippen molar-refractivity contribution in [3.05, 3.63) is 66.4 Å². The topological polar surface area (TPSA) is 88.5 Å². The Morgan fingerprint density at radius 2 is 2.12 bits per heavy atom. The number of hydrogen-bond acceptors (Lipinski definition) is 4. The number of nitrogens with one attached hydrogen (secondary N) is 2. The fraction of sp³-hybridized carbons (Fsp3) is 0.158. The number of aryl methyl sites for hydroxylation is 1. The van der Waals surface area contributed by atoms with Crippen LogP contribution in [0.15, 0.2) is 54.9 Å². The molecule has 0 aliphatic heterocycles. The monoisotopic (exact) mass is 346 g/mol. The highest BCUT2D eigenvalue weighted by atomic mass is 16.1. The van der Waals surface area contributed by atoms with Crippen LogP contribution in [0.4, 0.5) is 0 Å². The lowest BCUT2D eigenvalue weighted by atomic mass is 10.2. The summed E-state index contributed by atoms with van der Waals surface area (Å²) in [4.78, 5) is 21.0. The van der Waals surface area contributed by atoms with Crippen molar-refractivity contribution in [3.63, 3.8) is 0 Å². The summed E-state index contributed by atoms with van der Waals surface area (Å²) in [5.74, 6) is 0.749. The van der Waals surface area contributed by atoms with Gasteiger partial charge >= 0.3 is 0 Å². The molecule has 0 radical (unpaired) electrons. The van der Waals surface area contributed by atoms with Crippen molar-refractivity contribution in [2.24, 2.45) is 7.05 Å². The molecule has 0 spiro atoms. The largest absolute Gasteiger partial charge is 0.350 e. The first-order chi connectivity index (χ1) is 12.7. The maximum atomic E-state index is 12.3. The van der Waals surface area contributed by atoms with Gasteiger partial charge < -0.3 is 9.88 Å². The number of nitrogens with zero attached hydrogens (tertiary/aromatic N) is 4. The third-order valence-corrected chi connectivity index (χ3v) is 4.29. The molecule has 0 fully saturated rings. The quantitative estimate of drug-likeness (QED) is 0.580. The minimum absolute atomic E-state index is 0.189. The minimum atomic E-state index is -0.189. The number of H-pyrrole nitrogens is 1. The Balaban J connectivity index is 1.40. The SMILES string of the molecule is Cn1c(CCNC(=O)c2cc(-c3cccnc3)n[nH]2)nc2ccccc21. The molecule has 0 aliphatic carbocycles. The highest BCUT2D eigenvalue weighted by molar-refractivity contribution is 5.93. The number of amides is 1. The van der Waals surface area contributed by atoms with E-state index in [0.717, 1.165) is 22.4 Å². The summed E-state index contributed by atoms with van der Waals surface area (Å²) in [5, 5.41) is 9.85. The summed E-state index contributed by atoms with van der Waals surface area (Å²) in [6.07, 6.45) is 4.06. The number of hydrogen-bond donors (Lipinski definition) is 2. The number of aromatic amines is 1. The minimum Gasteiger partial charge on any atom is -0.350 e. The predicted molar refractivity (Wildman–Crippen MR) is 98.6 cm³/mol. The van der Waals surface area contributed by atoms with Crippen molar-refractivity contribution < 1.29 is 4.79 Å². The standard InChI is InChI=1S/C19H18N6O/c1-25-17-7-3-2-6-14(17)22-18(25)8-10-21-19(26)16-11-15(23-24-16)13-5-4-9-20-12-13/h2-7,9,11-12H,8,10H2,1H3,(H,21,26)(H,23,24). The van der Waals surface area contributed by atoms with Gasteiger partial charge in [0, 0.05) is 38.0 Å². The van der Waals surface area contributed by atoms with Gasteiger partial charge in [-0.05, 0) is 30.3 Å². The normalized spacial score (nSPS) is 11.0. The molecule has 0 saturated heterocycles. The molecule has 0 bridgehead atoms. The van der Waals surface area contributed by atoms with Gasteiger partial charge in [0.2, 0.25) is 0 Å². The highest BCUT2D eigenvalue weighted by Crippen LogP contribution is 2.16. The lowest BCUT2D eigenvalue weighted by Gasteiger charge is -2.04. The first kappa shape index (κ1) is 16.0. The Bertz CT molecular complexity index is 1050. The Kier molecular flexibility index (Phi) is 4.18. The zero-order chi connectivity index (χ0) is 17.9. The molecule has 1 aromatic carbocycles. The Hall–Kier alpha value is -3.48. The van der Waals surface area contributed by atoms with E-state index in [-0.39, 0.29) is 5.91 Å². The third kappa shape index (κ3) is 3.06. The van der Waals surface area contributed by atoms with Crippen LogP contribution in [-0.2, 0) is 13.5 Å². The maximum Gasteiger partial charge on any atom is 0.269 e. The van der Waals surface area contributed by atoms with E-state index in [0.29, 0.717) is 24.4 Å². The van der Waals surface area contributed by atoms with Crippen LogP contribution in [0, 0.1) is 0 Å². The van der Waals surface area contributed by atoms with Gasteiger partial charge in [-0.3, -0.25) is 14.9 Å². The molecular weight excluding hydrogens is 328 g/mol. The lowest BCUT2D eigenvalue weighted by Crippen LogP contribution is -2.26. The fourth-order valence-corrected chi connectivity index (χ4v) is 2.90. The molecule has 1 amide bonds. The van der Waals surface area contributed by atoms with E-state index in [4.69, 9.17) is 0 Å². The van der Waals surface area contributed by atoms with Gasteiger partial charge in [0.05, 0.1) is 16.7 Å². The van der Waals surface area contributed by atoms with Crippen LogP contribution in [-0.4, -0.2) is 37.2 Å². The van der Waals surface area contributed by atoms with Crippen molar-refractivity contribution >= 4 is 16.9 Å². The van der Waals surface area contributed by atoms with E-state index >= 15 is 0 Å². The van der Waals surface area contributed by atoms with E-state index in [9.17, 15) is 4.79 Å². The van der Waals surface area contributed by atoms with Crippen molar-refractivity contribution in [3.8, 4) is 11.3 Å². The molecule has 0 aliphatic rings. The van der Waals surface area contributed by atoms with Gasteiger partial charge in [-0.1, -0.05) is 12.1 Å². The number of aromatic nitrogens is 5. The molecule has 0 unspecified atom stereocenters. The zero-order valence-corrected chi connectivity index (χ0v) is 14.3. The second-order valence-corrected chi connectivity index (χ2v) is 5.99. The number of rotatable bonds is 5. The van der Waals surface area contributed by atoms with Crippen LogP contribution in [0.25, 0.3) is 22.3 Å². The molecule has 130 valence electrons. The van der Waals surface area contributed by atoms with E-state index in [2.05, 4.69) is 30.0 Å². The average molecular weight is 346 g/mol. The first-order valence-corrected chi connectivity index (χ1v) is 8.37. The number of para-hydroxylation sites is 2. The summed E-state index contributed by atoms with van der Waals surface area (Å²) in [7, 11) is 1.99. The molecular formula is C19H18N6O. The van der Waals surface area contributed by atoms with Crippen LogP contribution in [0.1, 0.15) is 16.3 Å². The number of carbonyl (C=O) groups is 1. The highest BCUT2D eigenvalue weighted by Gasteiger charge is 2.12. The number of fused-ring (bicyclic) bond motifs is 1. The zero-order valence-electron chi connectivity index (χ0n) is 14.3. The van der Waals surface area contributed by atoms with Crippen LogP contribution < -0.4 is 5.32 Å². The van der Waals surface area contributed by atoms with Gasteiger partial charge in [-0.2, -0.15) is 5.10 Å². The summed E-state index contributed by atoms with van der Waals surface area (Å²) >= 11 is 0. The van der Waals surface area contributed by atoms with Crippen LogP contribution in [0.2, 0.25) is 0 Å². The van der Waals surface area contributed by atoms with Crippen LogP contribution in [0.3, 0.4) is 0 Å². The van der Waals surface area contributed by atoms with Crippen LogP contribution in [0.5, 0.6) is 0 Å². The summed E-state index contributed by atoms with van der Waals surface area (Å²) < 4.78 is 2.05. The summed E-state index contributed by atoms with van der Waals surface area (Å²) in [6.45, 7) is 0.497. The molecule has 3 aromatic heterocycles. The Morgan fingerprint density at radius 3 is 2.92 bits per heavy atom. The average Bonchev–Trinajstić information content (AvgIpc) is 3.29. The van der Waals surface area contributed by atoms with Crippen LogP contribution >= 0.6 is 0 Å². The molecule has 7 nitrogen and oxygen atoms in total. The number of imidazole rings is 1. The van der Waals surface area contributed by atoms with E-state index in [1.54, 1.807) is 18.5 Å². The van der Waals surface area contributed by atoms with Crippen molar-refractivity contribution in [2.75, 3.05) is 6.54 Å². The fourth-order valence-electron chi connectivity index (χ4n) is 2.90. The Labute approximate surface area is 150 Å². The Morgan fingerprint density at radius 1 is 1.23 bits per heavy atom. The van der Waals surface area contributed by atoms with Gasteiger partial charge in [-0.15, -0.1) is 0 Å².